The predicted octanol–water partition coefficient (Wildman–Crippen LogP) is 12.6. The second-order valence-corrected chi connectivity index (χ2v) is 11.9. The Labute approximate surface area is 304 Å². The number of benzene rings is 7. The molecule has 0 aliphatic heterocycles. The van der Waals surface area contributed by atoms with Gasteiger partial charge in [0.15, 0.2) is 5.82 Å². The van der Waals surface area contributed by atoms with Crippen LogP contribution in [-0.4, -0.2) is 9.97 Å². The van der Waals surface area contributed by atoms with Crippen LogP contribution in [0.4, 0.5) is 0 Å². The van der Waals surface area contributed by atoms with Gasteiger partial charge in [-0.3, -0.25) is 0 Å². The molecule has 3 aromatic heterocycles. The molecule has 3 nitrogen and oxygen atoms in total. The Bertz CT molecular complexity index is 3780. The highest BCUT2D eigenvalue weighted by Gasteiger charge is 2.21. The molecule has 0 saturated carbocycles. The van der Waals surface area contributed by atoms with Crippen molar-refractivity contribution in [2.45, 2.75) is 0 Å². The average molecular weight is 648 g/mol. The quantitative estimate of drug-likeness (QED) is 0.191. The Balaban J connectivity index is 1.30. The number of thiophene rings is 1. The van der Waals surface area contributed by atoms with Gasteiger partial charge in [0.1, 0.15) is 11.2 Å². The number of hydrogen-bond donors (Lipinski definition) is 0. The minimum absolute atomic E-state index is 0.0754. The third kappa shape index (κ3) is 4.27. The molecule has 0 unspecified atom stereocenters. The fourth-order valence-electron chi connectivity index (χ4n) is 5.79. The van der Waals surface area contributed by atoms with Gasteiger partial charge in [-0.2, -0.15) is 0 Å². The van der Waals surface area contributed by atoms with Gasteiger partial charge in [0.25, 0.3) is 0 Å². The highest BCUT2D eigenvalue weighted by atomic mass is 32.1. The zero-order chi connectivity index (χ0) is 46.4. The minimum atomic E-state index is -0.866. The molecule has 0 saturated heterocycles. The van der Waals surface area contributed by atoms with Crippen LogP contribution in [0.1, 0.15) is 23.3 Å². The third-order valence-electron chi connectivity index (χ3n) is 7.99. The van der Waals surface area contributed by atoms with Crippen molar-refractivity contribution in [2.75, 3.05) is 0 Å². The van der Waals surface area contributed by atoms with Gasteiger partial charge in [-0.15, -0.1) is 11.3 Å². The number of rotatable bonds is 4. The Morgan fingerprint density at radius 2 is 1.31 bits per heavy atom. The summed E-state index contributed by atoms with van der Waals surface area (Å²) in [6.45, 7) is 0. The molecule has 10 rings (SSSR count). The summed E-state index contributed by atoms with van der Waals surface area (Å²) in [5.74, 6) is -0.0754. The van der Waals surface area contributed by atoms with Gasteiger partial charge >= 0.3 is 0 Å². The van der Waals surface area contributed by atoms with E-state index in [0.29, 0.717) is 16.8 Å². The van der Waals surface area contributed by atoms with E-state index in [9.17, 15) is 8.22 Å². The molecule has 0 atom stereocenters. The van der Waals surface area contributed by atoms with Crippen molar-refractivity contribution in [3.8, 4) is 44.9 Å². The van der Waals surface area contributed by atoms with Gasteiger partial charge in [0.05, 0.1) is 39.2 Å². The maximum Gasteiger partial charge on any atom is 0.161 e. The number of furan rings is 1. The van der Waals surface area contributed by atoms with E-state index in [1.165, 1.54) is 11.3 Å². The first kappa shape index (κ1) is 15.2. The average Bonchev–Trinajstić information content (AvgIpc) is 3.88. The maximum absolute atomic E-state index is 9.28. The SMILES string of the molecule is [2H]c1c([2H])c(-c2c([2H])c([2H])c([2H])c3c2oc2c([2H])c([2H])c([2H])c(-c4nc(-c5ccccc5)c5sc6ccccc6c5n4)c23)c([2H])c([2H])c1-c1c([2H])c([2H])c2c([2H])c([2H])c([2H])c([2H])c2c1[2H]. The van der Waals surface area contributed by atoms with Crippen LogP contribution in [0.2, 0.25) is 0 Å². The Morgan fingerprint density at radius 3 is 2.21 bits per heavy atom. The monoisotopic (exact) mass is 647 g/mol. The van der Waals surface area contributed by atoms with Crippen LogP contribution < -0.4 is 0 Å². The lowest BCUT2D eigenvalue weighted by Gasteiger charge is -2.08. The molecule has 10 aromatic rings. The molecule has 3 heterocycles. The largest absolute Gasteiger partial charge is 0.455 e. The van der Waals surface area contributed by atoms with E-state index < -0.39 is 141 Å². The van der Waals surface area contributed by atoms with Crippen LogP contribution in [-0.2, 0) is 0 Å². The lowest BCUT2D eigenvalue weighted by molar-refractivity contribution is 0.670. The molecule has 4 heteroatoms. The first-order valence-corrected chi connectivity index (χ1v) is 15.5. The van der Waals surface area contributed by atoms with Gasteiger partial charge in [-0.1, -0.05) is 139 Å². The third-order valence-corrected chi connectivity index (χ3v) is 9.16. The summed E-state index contributed by atoms with van der Waals surface area (Å²) in [4.78, 5) is 9.90. The first-order valence-electron chi connectivity index (χ1n) is 23.2. The summed E-state index contributed by atoms with van der Waals surface area (Å²) in [6.07, 6.45) is 0. The molecular formula is C44H26N2OS. The minimum Gasteiger partial charge on any atom is -0.455 e. The molecular weight excluding hydrogens is 605 g/mol. The Hall–Kier alpha value is -6.10. The molecule has 0 amide bonds. The van der Waals surface area contributed by atoms with E-state index in [1.54, 1.807) is 0 Å². The van der Waals surface area contributed by atoms with Crippen LogP contribution in [0.3, 0.4) is 0 Å². The Kier molecular flexibility index (Phi) is 3.40. The van der Waals surface area contributed by atoms with E-state index in [0.717, 1.165) is 14.8 Å². The summed E-state index contributed by atoms with van der Waals surface area (Å²) in [5.41, 5.74) is -1.55. The van der Waals surface area contributed by atoms with E-state index >= 15 is 0 Å². The lowest BCUT2D eigenvalue weighted by Crippen LogP contribution is -1.94. The zero-order valence-corrected chi connectivity index (χ0v) is 25.2. The zero-order valence-electron chi connectivity index (χ0n) is 41.4. The Morgan fingerprint density at radius 1 is 0.562 bits per heavy atom. The molecule has 7 aromatic carbocycles. The summed E-state index contributed by atoms with van der Waals surface area (Å²) in [5, 5.41) is -0.501. The first-order chi connectivity index (χ1) is 30.9. The number of para-hydroxylation sites is 1. The molecule has 224 valence electrons. The van der Waals surface area contributed by atoms with Gasteiger partial charge in [0.2, 0.25) is 0 Å². The second kappa shape index (κ2) is 10.7. The predicted molar refractivity (Wildman–Crippen MR) is 201 cm³/mol. The van der Waals surface area contributed by atoms with Crippen LogP contribution in [0, 0.1) is 0 Å². The molecule has 0 fully saturated rings. The standard InChI is InChI=1S/C44H26N2OS/c1-2-11-30(12-3-1)40-43-41(34-14-6-7-19-38(34)48-43)46-44(45-40)36-17-9-18-37-39(36)35-16-8-15-33(42(35)47-37)29-23-20-28(21-24-29)32-25-22-27-10-4-5-13-31(27)26-32/h1-26H/i4D,5D,8D,9D,10D,13D,15D,16D,17D,18D,20D,21D,22D,23D,24D,25D,26D. The highest BCUT2D eigenvalue weighted by Crippen LogP contribution is 2.43. The fourth-order valence-corrected chi connectivity index (χ4v) is 6.94. The van der Waals surface area contributed by atoms with Gasteiger partial charge in [-0.05, 0) is 45.6 Å². The van der Waals surface area contributed by atoms with E-state index in [4.69, 9.17) is 29.5 Å². The molecule has 48 heavy (non-hydrogen) atoms. The molecule has 0 N–H and O–H groups in total. The van der Waals surface area contributed by atoms with Crippen molar-refractivity contribution in [1.29, 1.82) is 0 Å². The summed E-state index contributed by atoms with van der Waals surface area (Å²) in [6, 6.07) is 4.43. The molecule has 0 radical (unpaired) electrons. The van der Waals surface area contributed by atoms with Crippen LogP contribution in [0.5, 0.6) is 0 Å². The topological polar surface area (TPSA) is 38.9 Å². The summed E-state index contributed by atoms with van der Waals surface area (Å²) < 4.78 is 159. The van der Waals surface area contributed by atoms with Gasteiger partial charge < -0.3 is 4.42 Å². The van der Waals surface area contributed by atoms with Crippen molar-refractivity contribution in [3.05, 3.63) is 157 Å². The van der Waals surface area contributed by atoms with E-state index in [2.05, 4.69) is 0 Å². The van der Waals surface area contributed by atoms with Crippen LogP contribution in [0.15, 0.2) is 162 Å². The number of hydrogen-bond acceptors (Lipinski definition) is 4. The molecule has 0 spiro atoms. The van der Waals surface area contributed by atoms with Gasteiger partial charge in [-0.25, -0.2) is 9.97 Å². The molecule has 0 aliphatic rings. The van der Waals surface area contributed by atoms with Crippen molar-refractivity contribution in [1.82, 2.24) is 9.97 Å². The van der Waals surface area contributed by atoms with Crippen molar-refractivity contribution in [3.63, 3.8) is 0 Å². The highest BCUT2D eigenvalue weighted by molar-refractivity contribution is 7.26. The normalized spacial score (nSPS) is 16.7. The lowest BCUT2D eigenvalue weighted by atomic mass is 9.97. The summed E-state index contributed by atoms with van der Waals surface area (Å²) >= 11 is 1.46. The van der Waals surface area contributed by atoms with Crippen molar-refractivity contribution < 1.29 is 27.7 Å². The van der Waals surface area contributed by atoms with Crippen LogP contribution >= 0.6 is 11.3 Å². The van der Waals surface area contributed by atoms with Gasteiger partial charge in [0, 0.05) is 37.5 Å². The number of fused-ring (bicyclic) bond motifs is 7. The smallest absolute Gasteiger partial charge is 0.161 e. The maximum atomic E-state index is 9.28. The van der Waals surface area contributed by atoms with Crippen LogP contribution in [0.25, 0.3) is 97.9 Å². The summed E-state index contributed by atoms with van der Waals surface area (Å²) in [7, 11) is 0. The van der Waals surface area contributed by atoms with E-state index in [-0.39, 0.29) is 27.7 Å². The van der Waals surface area contributed by atoms with Crippen molar-refractivity contribution >= 4 is 64.4 Å². The van der Waals surface area contributed by atoms with Crippen molar-refractivity contribution in [2.24, 2.45) is 0 Å². The molecule has 0 aliphatic carbocycles. The van der Waals surface area contributed by atoms with E-state index in [1.807, 2.05) is 54.6 Å². The second-order valence-electron chi connectivity index (χ2n) is 10.8. The molecule has 0 bridgehead atoms. The fraction of sp³-hybridized carbons (Fsp3) is 0. The number of aromatic nitrogens is 2. The number of nitrogens with zero attached hydrogens (tertiary/aromatic N) is 2.